The lowest BCUT2D eigenvalue weighted by Crippen LogP contribution is -2.60. The molecule has 484 valence electrons. The largest absolute Gasteiger partial charge is 0.394 e. The Morgan fingerprint density at radius 2 is 0.750 bits per heavy atom. The van der Waals surface area contributed by atoms with E-state index < -0.39 is 49.5 Å². The molecule has 1 heterocycles. The zero-order valence-corrected chi connectivity index (χ0v) is 54.1. The minimum atomic E-state index is -1.58. The second kappa shape index (κ2) is 62.9. The fourth-order valence-electron chi connectivity index (χ4n) is 10.6. The topological polar surface area (TPSA) is 149 Å². The van der Waals surface area contributed by atoms with Crippen molar-refractivity contribution in [1.29, 1.82) is 0 Å². The van der Waals surface area contributed by atoms with Crippen LogP contribution in [0.3, 0.4) is 0 Å². The van der Waals surface area contributed by atoms with Crippen molar-refractivity contribution >= 4 is 5.91 Å². The molecule has 0 aromatic carbocycles. The van der Waals surface area contributed by atoms with Gasteiger partial charge in [-0.05, 0) is 89.9 Å². The summed E-state index contributed by atoms with van der Waals surface area (Å²) in [5.74, 6) is -0.187. The summed E-state index contributed by atoms with van der Waals surface area (Å²) in [4.78, 5) is 13.1. The molecule has 0 saturated carbocycles. The Labute approximate surface area is 516 Å². The second-order valence-corrected chi connectivity index (χ2v) is 23.9. The third kappa shape index (κ3) is 50.9. The van der Waals surface area contributed by atoms with Crippen molar-refractivity contribution in [3.05, 3.63) is 109 Å². The molecule has 0 spiro atoms. The van der Waals surface area contributed by atoms with Crippen molar-refractivity contribution in [2.45, 2.75) is 346 Å². The molecule has 7 atom stereocenters. The van der Waals surface area contributed by atoms with Gasteiger partial charge in [0.1, 0.15) is 24.4 Å². The Morgan fingerprint density at radius 3 is 1.14 bits per heavy atom. The van der Waals surface area contributed by atoms with E-state index in [2.05, 4.69) is 116 Å². The van der Waals surface area contributed by atoms with E-state index in [1.54, 1.807) is 6.08 Å². The van der Waals surface area contributed by atoms with Gasteiger partial charge in [-0.3, -0.25) is 4.79 Å². The fourth-order valence-corrected chi connectivity index (χ4v) is 10.6. The van der Waals surface area contributed by atoms with Gasteiger partial charge < -0.3 is 40.3 Å². The lowest BCUT2D eigenvalue weighted by atomic mass is 9.99. The van der Waals surface area contributed by atoms with Crippen LogP contribution in [-0.2, 0) is 14.3 Å². The summed E-state index contributed by atoms with van der Waals surface area (Å²) in [6, 6.07) is -0.829. The first-order valence-corrected chi connectivity index (χ1v) is 35.1. The van der Waals surface area contributed by atoms with Gasteiger partial charge in [0.15, 0.2) is 6.29 Å². The van der Waals surface area contributed by atoms with Crippen molar-refractivity contribution < 1.29 is 39.8 Å². The molecule has 0 aromatic heterocycles. The number of amides is 1. The molecule has 1 amide bonds. The standard InChI is InChI=1S/C75H131NO8/c1-3-5-7-9-11-13-15-17-19-21-23-25-27-29-30-31-32-33-34-35-36-37-38-39-40-41-43-45-47-49-51-53-55-57-59-61-63-65-71(79)76-68(67-83-75-74(82)73(81)72(80)70(66-77)84-75)69(78)64-62-60-58-56-54-52-50-48-46-44-42-28-26-24-22-20-18-16-14-12-10-8-6-4-2/h5,7,11,13,17,19,23,25,29-30,32-33,35-36,54,56,62,64,68-70,72-75,77-78,80-82H,3-4,6,8-10,12,14-16,18,20-22,24,26-28,31,34,37-53,55,57-61,63,65-67H2,1-2H3,(H,76,79)/b7-5-,13-11-,19-17-,25-23-,30-29-,33-32-,36-35-,56-54+,64-62+. The van der Waals surface area contributed by atoms with Crippen molar-refractivity contribution in [1.82, 2.24) is 5.32 Å². The highest BCUT2D eigenvalue weighted by molar-refractivity contribution is 5.76. The number of hydrogen-bond acceptors (Lipinski definition) is 8. The predicted octanol–water partition coefficient (Wildman–Crippen LogP) is 19.2. The number of ether oxygens (including phenoxy) is 2. The first-order chi connectivity index (χ1) is 41.3. The normalized spacial score (nSPS) is 18.9. The highest BCUT2D eigenvalue weighted by Crippen LogP contribution is 2.23. The van der Waals surface area contributed by atoms with Gasteiger partial charge in [0.25, 0.3) is 0 Å². The van der Waals surface area contributed by atoms with E-state index in [1.165, 1.54) is 199 Å². The number of unbranched alkanes of at least 4 members (excludes halogenated alkanes) is 34. The van der Waals surface area contributed by atoms with Gasteiger partial charge in [-0.15, -0.1) is 0 Å². The van der Waals surface area contributed by atoms with Crippen LogP contribution in [0, 0.1) is 0 Å². The maximum Gasteiger partial charge on any atom is 0.220 e. The van der Waals surface area contributed by atoms with E-state index in [0.717, 1.165) is 83.5 Å². The molecule has 7 unspecified atom stereocenters. The summed E-state index contributed by atoms with van der Waals surface area (Å²) in [6.45, 7) is 3.68. The molecule has 1 fully saturated rings. The zero-order chi connectivity index (χ0) is 60.7. The van der Waals surface area contributed by atoms with Gasteiger partial charge in [-0.2, -0.15) is 0 Å². The van der Waals surface area contributed by atoms with E-state index in [0.29, 0.717) is 6.42 Å². The summed E-state index contributed by atoms with van der Waals surface area (Å²) in [5, 5.41) is 54.7. The van der Waals surface area contributed by atoms with Crippen LogP contribution in [-0.4, -0.2) is 87.5 Å². The van der Waals surface area contributed by atoms with Crippen LogP contribution in [0.15, 0.2) is 109 Å². The predicted molar refractivity (Wildman–Crippen MR) is 359 cm³/mol. The second-order valence-electron chi connectivity index (χ2n) is 23.9. The minimum absolute atomic E-state index is 0.187. The maximum atomic E-state index is 13.1. The first-order valence-electron chi connectivity index (χ1n) is 35.1. The van der Waals surface area contributed by atoms with Crippen LogP contribution >= 0.6 is 0 Å². The molecule has 0 radical (unpaired) electrons. The van der Waals surface area contributed by atoms with E-state index >= 15 is 0 Å². The molecule has 9 heteroatoms. The summed E-state index contributed by atoms with van der Waals surface area (Å²) < 4.78 is 11.3. The van der Waals surface area contributed by atoms with Crippen LogP contribution in [0.25, 0.3) is 0 Å². The molecule has 0 aliphatic carbocycles. The van der Waals surface area contributed by atoms with Gasteiger partial charge in [0.2, 0.25) is 5.91 Å². The van der Waals surface area contributed by atoms with Crippen LogP contribution in [0.4, 0.5) is 0 Å². The smallest absolute Gasteiger partial charge is 0.220 e. The molecule has 0 bridgehead atoms. The van der Waals surface area contributed by atoms with E-state index in [4.69, 9.17) is 9.47 Å². The number of carbonyl (C=O) groups excluding carboxylic acids is 1. The SMILES string of the molecule is CC/C=C\C/C=C\C/C=C\C/C=C\C/C=C\C/C=C\C/C=C\CCCCCCCCCCCCCCCCCC(=O)NC(COC1OC(CO)C(O)C(O)C1O)C(O)/C=C/CC/C=C/CCCCCCCCCCCCCCCCCCCC. The van der Waals surface area contributed by atoms with Crippen LogP contribution in [0.2, 0.25) is 0 Å². The monoisotopic (exact) mass is 1170 g/mol. The first kappa shape index (κ1) is 78.9. The van der Waals surface area contributed by atoms with E-state index in [1.807, 2.05) is 6.08 Å². The fraction of sp³-hybridized carbons (Fsp3) is 0.747. The Hall–Kier alpha value is -3.15. The van der Waals surface area contributed by atoms with Gasteiger partial charge in [0, 0.05) is 6.42 Å². The molecule has 9 nitrogen and oxygen atoms in total. The number of hydrogen-bond donors (Lipinski definition) is 6. The third-order valence-electron chi connectivity index (χ3n) is 16.1. The number of carbonyl (C=O) groups is 1. The quantitative estimate of drug-likeness (QED) is 0.0261. The van der Waals surface area contributed by atoms with Gasteiger partial charge >= 0.3 is 0 Å². The highest BCUT2D eigenvalue weighted by Gasteiger charge is 2.44. The lowest BCUT2D eigenvalue weighted by Gasteiger charge is -2.40. The molecule has 1 saturated heterocycles. The number of aliphatic hydroxyl groups is 5. The van der Waals surface area contributed by atoms with Crippen molar-refractivity contribution in [3.8, 4) is 0 Å². The van der Waals surface area contributed by atoms with Crippen molar-refractivity contribution in [2.24, 2.45) is 0 Å². The van der Waals surface area contributed by atoms with Crippen LogP contribution < -0.4 is 5.32 Å². The molecule has 1 rings (SSSR count). The lowest BCUT2D eigenvalue weighted by molar-refractivity contribution is -0.302. The van der Waals surface area contributed by atoms with Gasteiger partial charge in [-0.1, -0.05) is 316 Å². The number of aliphatic hydroxyl groups excluding tert-OH is 5. The Bertz CT molecular complexity index is 1690. The zero-order valence-electron chi connectivity index (χ0n) is 54.1. The molecule has 6 N–H and O–H groups in total. The Kier molecular flexibility index (Phi) is 59.0. The van der Waals surface area contributed by atoms with Crippen LogP contribution in [0.1, 0.15) is 303 Å². The number of nitrogens with one attached hydrogen (secondary N) is 1. The Morgan fingerprint density at radius 1 is 0.417 bits per heavy atom. The summed E-state index contributed by atoms with van der Waals surface area (Å²) >= 11 is 0. The van der Waals surface area contributed by atoms with E-state index in [-0.39, 0.29) is 12.5 Å². The number of allylic oxidation sites excluding steroid dienone is 17. The average molecular weight is 1170 g/mol. The molecule has 0 aromatic rings. The molecule has 1 aliphatic heterocycles. The van der Waals surface area contributed by atoms with Crippen molar-refractivity contribution in [2.75, 3.05) is 13.2 Å². The maximum absolute atomic E-state index is 13.1. The highest BCUT2D eigenvalue weighted by atomic mass is 16.7. The van der Waals surface area contributed by atoms with Crippen LogP contribution in [0.5, 0.6) is 0 Å². The molecular formula is C75H131NO8. The molecule has 84 heavy (non-hydrogen) atoms. The van der Waals surface area contributed by atoms with E-state index in [9.17, 15) is 30.3 Å². The summed E-state index contributed by atoms with van der Waals surface area (Å²) in [7, 11) is 0. The summed E-state index contributed by atoms with van der Waals surface area (Å²) in [6.07, 6.45) is 86.2. The average Bonchev–Trinajstić information content (AvgIpc) is 3.70. The molecule has 1 aliphatic rings. The van der Waals surface area contributed by atoms with Gasteiger partial charge in [-0.25, -0.2) is 0 Å². The molecular weight excluding hydrogens is 1040 g/mol. The Balaban J connectivity index is 2.14. The van der Waals surface area contributed by atoms with Gasteiger partial charge in [0.05, 0.1) is 25.4 Å². The number of rotatable bonds is 60. The minimum Gasteiger partial charge on any atom is -0.394 e. The van der Waals surface area contributed by atoms with Crippen molar-refractivity contribution in [3.63, 3.8) is 0 Å². The summed E-state index contributed by atoms with van der Waals surface area (Å²) in [5.41, 5.74) is 0. The third-order valence-corrected chi connectivity index (χ3v) is 16.1.